The number of halogens is 1. The van der Waals surface area contributed by atoms with Gasteiger partial charge in [-0.3, -0.25) is 0 Å². The molecule has 0 unspecified atom stereocenters. The summed E-state index contributed by atoms with van der Waals surface area (Å²) in [5.74, 6) is -0.100. The molecule has 0 aliphatic heterocycles. The maximum Gasteiger partial charge on any atom is 0.245 e. The van der Waals surface area contributed by atoms with Crippen LogP contribution in [0, 0.1) is 3.70 Å². The number of nitrogens with zero attached hydrogens (tertiary/aromatic N) is 2. The Bertz CT molecular complexity index is 905. The molecule has 0 amide bonds. The highest BCUT2D eigenvalue weighted by molar-refractivity contribution is 14.1. The second-order valence-electron chi connectivity index (χ2n) is 4.54. The lowest BCUT2D eigenvalue weighted by Crippen LogP contribution is -2.16. The summed E-state index contributed by atoms with van der Waals surface area (Å²) in [6.07, 6.45) is 1.39. The topological polar surface area (TPSA) is 72.2 Å². The minimum Gasteiger partial charge on any atom is -0.507 e. The van der Waals surface area contributed by atoms with E-state index in [9.17, 15) is 13.5 Å². The largest absolute Gasteiger partial charge is 0.507 e. The Morgan fingerprint density at radius 1 is 1.19 bits per heavy atom. The number of hydrogen-bond donors (Lipinski definition) is 1. The van der Waals surface area contributed by atoms with Crippen molar-refractivity contribution in [2.75, 3.05) is 0 Å². The third-order valence-corrected chi connectivity index (χ3v) is 5.81. The molecule has 0 saturated carbocycles. The van der Waals surface area contributed by atoms with Gasteiger partial charge in [0.2, 0.25) is 10.0 Å². The van der Waals surface area contributed by atoms with Gasteiger partial charge in [0.15, 0.2) is 5.65 Å². The number of hydrogen-bond acceptors (Lipinski definition) is 4. The van der Waals surface area contributed by atoms with Gasteiger partial charge in [-0.05, 0) is 40.3 Å². The standard InChI is InChI=1S/C14H11IN2O3S/c15-13-8-11-12(18)6-7-16-14(11)17(13)21(19,20)9-10-4-2-1-3-5-10/h1-8H,9H2,(H,16,18). The lowest BCUT2D eigenvalue weighted by atomic mass is 10.2. The summed E-state index contributed by atoms with van der Waals surface area (Å²) >= 11 is 1.93. The smallest absolute Gasteiger partial charge is 0.245 e. The van der Waals surface area contributed by atoms with Crippen LogP contribution in [0.15, 0.2) is 48.7 Å². The lowest BCUT2D eigenvalue weighted by Gasteiger charge is -2.08. The molecule has 3 rings (SSSR count). The third-order valence-electron chi connectivity index (χ3n) is 3.07. The first kappa shape index (κ1) is 14.3. The van der Waals surface area contributed by atoms with Gasteiger partial charge in [0.05, 0.1) is 14.8 Å². The van der Waals surface area contributed by atoms with E-state index >= 15 is 0 Å². The first-order chi connectivity index (χ1) is 9.99. The Morgan fingerprint density at radius 3 is 2.62 bits per heavy atom. The maximum atomic E-state index is 12.6. The summed E-state index contributed by atoms with van der Waals surface area (Å²) in [4.78, 5) is 4.09. The van der Waals surface area contributed by atoms with Gasteiger partial charge in [-0.15, -0.1) is 0 Å². The van der Waals surface area contributed by atoms with Crippen LogP contribution in [-0.4, -0.2) is 22.5 Å². The molecule has 108 valence electrons. The van der Waals surface area contributed by atoms with Crippen LogP contribution >= 0.6 is 22.6 Å². The third kappa shape index (κ3) is 2.62. The highest BCUT2D eigenvalue weighted by Gasteiger charge is 2.22. The van der Waals surface area contributed by atoms with E-state index in [0.717, 1.165) is 0 Å². The van der Waals surface area contributed by atoms with Gasteiger partial charge in [0.1, 0.15) is 5.75 Å². The zero-order valence-electron chi connectivity index (χ0n) is 10.8. The average molecular weight is 414 g/mol. The zero-order valence-corrected chi connectivity index (χ0v) is 13.7. The van der Waals surface area contributed by atoms with E-state index in [2.05, 4.69) is 4.98 Å². The minimum atomic E-state index is -3.61. The molecule has 0 aliphatic carbocycles. The predicted octanol–water partition coefficient (Wildman–Crippen LogP) is 2.72. The first-order valence-electron chi connectivity index (χ1n) is 6.11. The van der Waals surface area contributed by atoms with E-state index < -0.39 is 10.0 Å². The number of rotatable bonds is 3. The Morgan fingerprint density at radius 2 is 1.90 bits per heavy atom. The fraction of sp³-hybridized carbons (Fsp3) is 0.0714. The SMILES string of the molecule is O=S(=O)(Cc1ccccc1)n1c(I)cc2c(O)ccnc21. The Kier molecular flexibility index (Phi) is 3.62. The molecular formula is C14H11IN2O3S. The molecule has 0 radical (unpaired) electrons. The predicted molar refractivity (Wildman–Crippen MR) is 88.6 cm³/mol. The van der Waals surface area contributed by atoms with Crippen molar-refractivity contribution in [3.8, 4) is 5.75 Å². The van der Waals surface area contributed by atoms with Gasteiger partial charge in [-0.25, -0.2) is 17.4 Å². The summed E-state index contributed by atoms with van der Waals surface area (Å²) in [5.41, 5.74) is 0.950. The monoisotopic (exact) mass is 414 g/mol. The summed E-state index contributed by atoms with van der Waals surface area (Å²) in [5, 5.41) is 10.2. The second kappa shape index (κ2) is 5.30. The number of aromatic nitrogens is 2. The van der Waals surface area contributed by atoms with Crippen LogP contribution in [-0.2, 0) is 15.8 Å². The summed E-state index contributed by atoms with van der Waals surface area (Å²) in [6, 6.07) is 12.0. The fourth-order valence-electron chi connectivity index (χ4n) is 2.15. The van der Waals surface area contributed by atoms with Gasteiger partial charge < -0.3 is 5.11 Å². The summed E-state index contributed by atoms with van der Waals surface area (Å²) in [6.45, 7) is 0. The van der Waals surface area contributed by atoms with Gasteiger partial charge in [-0.1, -0.05) is 30.3 Å². The fourth-order valence-corrected chi connectivity index (χ4v) is 5.06. The molecule has 2 heterocycles. The molecule has 0 saturated heterocycles. The van der Waals surface area contributed by atoms with Crippen LogP contribution in [0.3, 0.4) is 0 Å². The first-order valence-corrected chi connectivity index (χ1v) is 8.80. The van der Waals surface area contributed by atoms with E-state index in [-0.39, 0.29) is 17.1 Å². The van der Waals surface area contributed by atoms with Gasteiger partial charge in [-0.2, -0.15) is 0 Å². The normalized spacial score (nSPS) is 11.9. The van der Waals surface area contributed by atoms with Crippen LogP contribution in [0.2, 0.25) is 0 Å². The second-order valence-corrected chi connectivity index (χ2v) is 7.46. The van der Waals surface area contributed by atoms with Crippen molar-refractivity contribution in [1.29, 1.82) is 0 Å². The Hall–Kier alpha value is -1.61. The van der Waals surface area contributed by atoms with Crippen LogP contribution < -0.4 is 0 Å². The molecular weight excluding hydrogens is 403 g/mol. The van der Waals surface area contributed by atoms with Crippen LogP contribution in [0.25, 0.3) is 11.0 Å². The Balaban J connectivity index is 2.15. The molecule has 0 bridgehead atoms. The number of benzene rings is 1. The summed E-state index contributed by atoms with van der Waals surface area (Å²) in [7, 11) is -3.61. The zero-order chi connectivity index (χ0) is 15.0. The van der Waals surface area contributed by atoms with E-state index in [1.54, 1.807) is 30.3 Å². The molecule has 0 aliphatic rings. The van der Waals surface area contributed by atoms with Crippen LogP contribution in [0.4, 0.5) is 0 Å². The van der Waals surface area contributed by atoms with Crippen molar-refractivity contribution in [2.24, 2.45) is 0 Å². The van der Waals surface area contributed by atoms with Gasteiger partial charge in [0.25, 0.3) is 0 Å². The molecule has 3 aromatic rings. The van der Waals surface area contributed by atoms with Crippen LogP contribution in [0.1, 0.15) is 5.56 Å². The van der Waals surface area contributed by atoms with Crippen molar-refractivity contribution < 1.29 is 13.5 Å². The molecule has 2 aromatic heterocycles. The molecule has 1 N–H and O–H groups in total. The minimum absolute atomic E-state index is 0.0200. The number of pyridine rings is 1. The number of aromatic hydroxyl groups is 1. The van der Waals surface area contributed by atoms with E-state index in [1.807, 2.05) is 28.7 Å². The molecule has 1 aromatic carbocycles. The highest BCUT2D eigenvalue weighted by atomic mass is 127. The summed E-state index contributed by atoms with van der Waals surface area (Å²) < 4.78 is 27.0. The maximum absolute atomic E-state index is 12.6. The average Bonchev–Trinajstić information content (AvgIpc) is 2.78. The van der Waals surface area contributed by atoms with Gasteiger partial charge >= 0.3 is 0 Å². The lowest BCUT2D eigenvalue weighted by molar-refractivity contribution is 0.481. The molecule has 0 spiro atoms. The van der Waals surface area contributed by atoms with Crippen molar-refractivity contribution in [1.82, 2.24) is 8.96 Å². The van der Waals surface area contributed by atoms with Gasteiger partial charge in [0, 0.05) is 6.20 Å². The van der Waals surface area contributed by atoms with Crippen LogP contribution in [0.5, 0.6) is 5.75 Å². The van der Waals surface area contributed by atoms with E-state index in [4.69, 9.17) is 0 Å². The molecule has 5 nitrogen and oxygen atoms in total. The number of fused-ring (bicyclic) bond motifs is 1. The molecule has 21 heavy (non-hydrogen) atoms. The molecule has 0 fully saturated rings. The molecule has 7 heteroatoms. The van der Waals surface area contributed by atoms with Crippen molar-refractivity contribution in [3.63, 3.8) is 0 Å². The van der Waals surface area contributed by atoms with E-state index in [1.165, 1.54) is 16.2 Å². The van der Waals surface area contributed by atoms with Crippen molar-refractivity contribution in [2.45, 2.75) is 5.75 Å². The van der Waals surface area contributed by atoms with Crippen molar-refractivity contribution >= 4 is 43.6 Å². The molecule has 0 atom stereocenters. The van der Waals surface area contributed by atoms with E-state index in [0.29, 0.717) is 14.7 Å². The van der Waals surface area contributed by atoms with Crippen molar-refractivity contribution in [3.05, 3.63) is 57.9 Å². The highest BCUT2D eigenvalue weighted by Crippen LogP contribution is 2.29. The Labute approximate surface area is 135 Å². The quantitative estimate of drug-likeness (QED) is 0.670.